The zero-order chi connectivity index (χ0) is 17.7. The molecule has 5 nitrogen and oxygen atoms in total. The second kappa shape index (κ2) is 8.62. The molecule has 1 fully saturated rings. The van der Waals surface area contributed by atoms with Gasteiger partial charge in [-0.25, -0.2) is 0 Å². The van der Waals surface area contributed by atoms with Crippen molar-refractivity contribution in [1.29, 1.82) is 0 Å². The quantitative estimate of drug-likeness (QED) is 0.603. The number of carbonyl (C=O) groups is 2. The smallest absolute Gasteiger partial charge is 0.266 e. The molecule has 1 saturated heterocycles. The van der Waals surface area contributed by atoms with Crippen molar-refractivity contribution in [3.8, 4) is 0 Å². The van der Waals surface area contributed by atoms with E-state index in [4.69, 9.17) is 23.8 Å². The Morgan fingerprint density at radius 3 is 2.88 bits per heavy atom. The van der Waals surface area contributed by atoms with Gasteiger partial charge >= 0.3 is 0 Å². The molecule has 0 saturated carbocycles. The number of nitrogens with one attached hydrogen (secondary N) is 1. The molecule has 0 aromatic heterocycles. The molecule has 0 atom stereocenters. The van der Waals surface area contributed by atoms with Gasteiger partial charge in [0.25, 0.3) is 5.91 Å². The van der Waals surface area contributed by atoms with E-state index in [1.54, 1.807) is 18.2 Å². The van der Waals surface area contributed by atoms with Crippen LogP contribution in [0.4, 0.5) is 0 Å². The topological polar surface area (TPSA) is 52.7 Å². The van der Waals surface area contributed by atoms with Gasteiger partial charge in [0.05, 0.1) is 4.91 Å². The lowest BCUT2D eigenvalue weighted by Crippen LogP contribution is -2.41. The number of rotatable bonds is 6. The minimum Gasteiger partial charge on any atom is -0.353 e. The molecule has 24 heavy (non-hydrogen) atoms. The van der Waals surface area contributed by atoms with E-state index in [1.165, 1.54) is 16.7 Å². The van der Waals surface area contributed by atoms with E-state index in [0.717, 1.165) is 12.1 Å². The van der Waals surface area contributed by atoms with Gasteiger partial charge in [-0.1, -0.05) is 47.7 Å². The van der Waals surface area contributed by atoms with E-state index >= 15 is 0 Å². The number of benzene rings is 1. The maximum absolute atomic E-state index is 12.5. The minimum atomic E-state index is -0.257. The fourth-order valence-electron chi connectivity index (χ4n) is 2.00. The SMILES string of the molecule is CN(C)CCNC(=O)CN1C(=O)/C(=C\c2cccc(Cl)c2)SC1=S. The monoisotopic (exact) mass is 383 g/mol. The Morgan fingerprint density at radius 2 is 2.21 bits per heavy atom. The van der Waals surface area contributed by atoms with Gasteiger partial charge in [0.2, 0.25) is 5.91 Å². The maximum atomic E-state index is 12.5. The Hall–Kier alpha value is -1.41. The molecule has 2 amide bonds. The van der Waals surface area contributed by atoms with Crippen LogP contribution in [0.3, 0.4) is 0 Å². The summed E-state index contributed by atoms with van der Waals surface area (Å²) in [6.07, 6.45) is 1.73. The van der Waals surface area contributed by atoms with Gasteiger partial charge < -0.3 is 10.2 Å². The molecule has 0 bridgehead atoms. The summed E-state index contributed by atoms with van der Waals surface area (Å²) in [4.78, 5) is 28.2. The summed E-state index contributed by atoms with van der Waals surface area (Å²) in [5.74, 6) is -0.482. The third-order valence-electron chi connectivity index (χ3n) is 3.20. The molecule has 1 aromatic rings. The molecule has 1 aromatic carbocycles. The van der Waals surface area contributed by atoms with E-state index in [0.29, 0.717) is 20.8 Å². The number of nitrogens with zero attached hydrogens (tertiary/aromatic N) is 2. The normalized spacial score (nSPS) is 16.3. The summed E-state index contributed by atoms with van der Waals surface area (Å²) >= 11 is 12.4. The third-order valence-corrected chi connectivity index (χ3v) is 4.82. The molecule has 2 rings (SSSR count). The molecule has 0 aliphatic carbocycles. The van der Waals surface area contributed by atoms with Gasteiger partial charge in [-0.2, -0.15) is 0 Å². The van der Waals surface area contributed by atoms with Crippen LogP contribution in [0.2, 0.25) is 5.02 Å². The highest BCUT2D eigenvalue weighted by atomic mass is 35.5. The van der Waals surface area contributed by atoms with Crippen LogP contribution in [0.1, 0.15) is 5.56 Å². The van der Waals surface area contributed by atoms with Crippen molar-refractivity contribution in [2.75, 3.05) is 33.7 Å². The van der Waals surface area contributed by atoms with Gasteiger partial charge in [-0.05, 0) is 37.9 Å². The molecule has 0 radical (unpaired) electrons. The van der Waals surface area contributed by atoms with Crippen molar-refractivity contribution >= 4 is 57.8 Å². The summed E-state index contributed by atoms with van der Waals surface area (Å²) in [6, 6.07) is 7.20. The molecule has 128 valence electrons. The van der Waals surface area contributed by atoms with Crippen molar-refractivity contribution < 1.29 is 9.59 Å². The molecule has 1 aliphatic heterocycles. The predicted molar refractivity (Wildman–Crippen MR) is 103 cm³/mol. The van der Waals surface area contributed by atoms with Crippen molar-refractivity contribution in [2.24, 2.45) is 0 Å². The first kappa shape index (κ1) is 18.9. The Bertz CT molecular complexity index is 692. The van der Waals surface area contributed by atoms with Crippen LogP contribution in [0, 0.1) is 0 Å². The van der Waals surface area contributed by atoms with Crippen LogP contribution in [0.15, 0.2) is 29.2 Å². The Morgan fingerprint density at radius 1 is 1.46 bits per heavy atom. The Kier molecular flexibility index (Phi) is 6.79. The zero-order valence-electron chi connectivity index (χ0n) is 13.4. The van der Waals surface area contributed by atoms with Crippen LogP contribution in [-0.4, -0.2) is 59.7 Å². The van der Waals surface area contributed by atoms with E-state index < -0.39 is 0 Å². The van der Waals surface area contributed by atoms with Crippen molar-refractivity contribution in [1.82, 2.24) is 15.1 Å². The molecule has 1 N–H and O–H groups in total. The lowest BCUT2D eigenvalue weighted by Gasteiger charge is -2.15. The average molecular weight is 384 g/mol. The first-order valence-electron chi connectivity index (χ1n) is 7.29. The summed E-state index contributed by atoms with van der Waals surface area (Å²) < 4.78 is 0.385. The van der Waals surface area contributed by atoms with Crippen molar-refractivity contribution in [2.45, 2.75) is 0 Å². The van der Waals surface area contributed by atoms with Crippen molar-refractivity contribution in [3.63, 3.8) is 0 Å². The van der Waals surface area contributed by atoms with Gasteiger partial charge in [-0.15, -0.1) is 0 Å². The second-order valence-corrected chi connectivity index (χ2v) is 7.59. The largest absolute Gasteiger partial charge is 0.353 e. The van der Waals surface area contributed by atoms with Crippen molar-refractivity contribution in [3.05, 3.63) is 39.8 Å². The number of thiocarbonyl (C=S) groups is 1. The van der Waals surface area contributed by atoms with E-state index in [2.05, 4.69) is 5.32 Å². The van der Waals surface area contributed by atoms with Gasteiger partial charge in [-0.3, -0.25) is 14.5 Å². The van der Waals surface area contributed by atoms with E-state index in [-0.39, 0.29) is 18.4 Å². The Labute approximate surface area is 156 Å². The average Bonchev–Trinajstić information content (AvgIpc) is 2.74. The number of halogens is 1. The van der Waals surface area contributed by atoms with Crippen LogP contribution < -0.4 is 5.32 Å². The maximum Gasteiger partial charge on any atom is 0.266 e. The molecular formula is C16H18ClN3O2S2. The predicted octanol–water partition coefficient (Wildman–Crippen LogP) is 2.22. The summed E-state index contributed by atoms with van der Waals surface area (Å²) in [7, 11) is 3.85. The molecule has 1 heterocycles. The third kappa shape index (κ3) is 5.31. The molecule has 1 aliphatic rings. The van der Waals surface area contributed by atoms with E-state index in [1.807, 2.05) is 31.1 Å². The van der Waals surface area contributed by atoms with Crippen LogP contribution in [0.25, 0.3) is 6.08 Å². The highest BCUT2D eigenvalue weighted by Gasteiger charge is 2.33. The number of amides is 2. The lowest BCUT2D eigenvalue weighted by molar-refractivity contribution is -0.128. The molecule has 8 heteroatoms. The number of hydrogen-bond acceptors (Lipinski definition) is 5. The van der Waals surface area contributed by atoms with Crippen LogP contribution in [-0.2, 0) is 9.59 Å². The van der Waals surface area contributed by atoms with Gasteiger partial charge in [0.1, 0.15) is 10.9 Å². The molecular weight excluding hydrogens is 366 g/mol. The fraction of sp³-hybridized carbons (Fsp3) is 0.312. The highest BCUT2D eigenvalue weighted by molar-refractivity contribution is 8.26. The standard InChI is InChI=1S/C16H18ClN3O2S2/c1-19(2)7-6-18-14(21)10-20-15(22)13(24-16(20)23)9-11-4-3-5-12(17)8-11/h3-5,8-9H,6-7,10H2,1-2H3,(H,18,21)/b13-9+. The highest BCUT2D eigenvalue weighted by Crippen LogP contribution is 2.32. The number of thioether (sulfide) groups is 1. The first-order valence-corrected chi connectivity index (χ1v) is 8.89. The number of likely N-dealkylation sites (N-methyl/N-ethyl adjacent to an activating group) is 1. The number of carbonyl (C=O) groups excluding carboxylic acids is 2. The zero-order valence-corrected chi connectivity index (χ0v) is 15.8. The molecule has 0 spiro atoms. The summed E-state index contributed by atoms with van der Waals surface area (Å²) in [5.41, 5.74) is 0.818. The lowest BCUT2D eigenvalue weighted by atomic mass is 10.2. The van der Waals surface area contributed by atoms with Gasteiger partial charge in [0.15, 0.2) is 0 Å². The van der Waals surface area contributed by atoms with E-state index in [9.17, 15) is 9.59 Å². The summed E-state index contributed by atoms with van der Waals surface area (Å²) in [6.45, 7) is 1.20. The Balaban J connectivity index is 2.00. The number of hydrogen-bond donors (Lipinski definition) is 1. The fourth-order valence-corrected chi connectivity index (χ4v) is 3.46. The summed E-state index contributed by atoms with van der Waals surface area (Å²) in [5, 5.41) is 3.37. The van der Waals surface area contributed by atoms with Crippen LogP contribution >= 0.6 is 35.6 Å². The first-order chi connectivity index (χ1) is 11.4. The van der Waals surface area contributed by atoms with Gasteiger partial charge in [0, 0.05) is 18.1 Å². The molecule has 0 unspecified atom stereocenters. The second-order valence-electron chi connectivity index (χ2n) is 5.48. The van der Waals surface area contributed by atoms with Crippen LogP contribution in [0.5, 0.6) is 0 Å². The minimum absolute atomic E-state index is 0.0645.